The maximum atomic E-state index is 12.4. The third kappa shape index (κ3) is 6.23. The maximum Gasteiger partial charge on any atom is 0.321 e. The minimum absolute atomic E-state index is 0.199. The van der Waals surface area contributed by atoms with E-state index in [4.69, 9.17) is 0 Å². The maximum absolute atomic E-state index is 12.4. The van der Waals surface area contributed by atoms with Crippen molar-refractivity contribution in [3.63, 3.8) is 0 Å². The molecule has 1 saturated carbocycles. The van der Waals surface area contributed by atoms with E-state index in [2.05, 4.69) is 27.7 Å². The number of hydrogen-bond donors (Lipinski definition) is 2. The molecule has 0 bridgehead atoms. The summed E-state index contributed by atoms with van der Waals surface area (Å²) in [5.41, 5.74) is 0. The summed E-state index contributed by atoms with van der Waals surface area (Å²) in [6.07, 6.45) is 5.54. The fourth-order valence-corrected chi connectivity index (χ4v) is 4.74. The molecule has 2 aromatic heterocycles. The number of nitrogens with one attached hydrogen (secondary N) is 2. The minimum atomic E-state index is -0.367. The highest BCUT2D eigenvalue weighted by molar-refractivity contribution is 7.10. The van der Waals surface area contributed by atoms with Crippen LogP contribution in [0.5, 0.6) is 0 Å². The number of thiophene rings is 2. The van der Waals surface area contributed by atoms with Crippen LogP contribution in [-0.2, 0) is 17.9 Å². The van der Waals surface area contributed by atoms with E-state index in [0.717, 1.165) is 25.7 Å². The number of rotatable bonds is 7. The van der Waals surface area contributed by atoms with Gasteiger partial charge in [0.05, 0.1) is 6.54 Å². The highest BCUT2D eigenvalue weighted by atomic mass is 32.1. The first kappa shape index (κ1) is 19.1. The fraction of sp³-hybridized carbons (Fsp3) is 0.474. The summed E-state index contributed by atoms with van der Waals surface area (Å²) >= 11 is 3.36. The van der Waals surface area contributed by atoms with Gasteiger partial charge in [0.2, 0.25) is 5.91 Å². The van der Waals surface area contributed by atoms with Gasteiger partial charge in [-0.25, -0.2) is 4.79 Å². The lowest BCUT2D eigenvalue weighted by Gasteiger charge is -2.23. The first-order valence-corrected chi connectivity index (χ1v) is 10.8. The van der Waals surface area contributed by atoms with Gasteiger partial charge >= 0.3 is 6.03 Å². The third-order valence-corrected chi connectivity index (χ3v) is 6.20. The molecule has 1 aliphatic carbocycles. The van der Waals surface area contributed by atoms with Crippen LogP contribution in [0.15, 0.2) is 35.0 Å². The molecule has 7 heteroatoms. The molecule has 3 amide bonds. The molecule has 0 aromatic carbocycles. The topological polar surface area (TPSA) is 61.4 Å². The molecule has 140 valence electrons. The molecule has 0 unspecified atom stereocenters. The molecule has 0 aliphatic heterocycles. The molecule has 26 heavy (non-hydrogen) atoms. The summed E-state index contributed by atoms with van der Waals surface area (Å²) < 4.78 is 0. The molecule has 2 N–H and O–H groups in total. The number of hydrogen-bond acceptors (Lipinski definition) is 5. The van der Waals surface area contributed by atoms with Crippen LogP contribution in [0.3, 0.4) is 0 Å². The zero-order chi connectivity index (χ0) is 18.2. The summed E-state index contributed by atoms with van der Waals surface area (Å²) in [5.74, 6) is -0.258. The number of nitrogens with zero attached hydrogens (tertiary/aromatic N) is 1. The van der Waals surface area contributed by atoms with Gasteiger partial charge in [-0.15, -0.1) is 22.7 Å². The standard InChI is InChI=1S/C19H25N3O2S2/c23-18(21-19(24)20-15-6-2-1-3-7-15)14-22(12-16-8-4-10-25-16)13-17-9-5-11-26-17/h4-5,8-11,15H,1-3,6-7,12-14H2,(H2,20,21,23,24). The Hall–Kier alpha value is -1.70. The predicted molar refractivity (Wildman–Crippen MR) is 106 cm³/mol. The monoisotopic (exact) mass is 391 g/mol. The summed E-state index contributed by atoms with van der Waals surface area (Å²) in [6, 6.07) is 8.00. The van der Waals surface area contributed by atoms with Crippen molar-refractivity contribution >= 4 is 34.6 Å². The van der Waals surface area contributed by atoms with Crippen LogP contribution in [0.2, 0.25) is 0 Å². The van der Waals surface area contributed by atoms with Gasteiger partial charge in [0.1, 0.15) is 0 Å². The lowest BCUT2D eigenvalue weighted by Crippen LogP contribution is -2.47. The summed E-state index contributed by atoms with van der Waals surface area (Å²) in [7, 11) is 0. The third-order valence-electron chi connectivity index (χ3n) is 4.48. The molecular formula is C19H25N3O2S2. The minimum Gasteiger partial charge on any atom is -0.335 e. The molecule has 1 fully saturated rings. The van der Waals surface area contributed by atoms with Crippen molar-refractivity contribution in [2.45, 2.75) is 51.2 Å². The second-order valence-corrected chi connectivity index (χ2v) is 8.72. The molecule has 1 aliphatic rings. The molecule has 0 spiro atoms. The average Bonchev–Trinajstić information content (AvgIpc) is 3.29. The van der Waals surface area contributed by atoms with E-state index in [9.17, 15) is 9.59 Å². The van der Waals surface area contributed by atoms with Crippen LogP contribution >= 0.6 is 22.7 Å². The highest BCUT2D eigenvalue weighted by Crippen LogP contribution is 2.18. The zero-order valence-electron chi connectivity index (χ0n) is 14.8. The normalized spacial score (nSPS) is 15.1. The Labute approximate surface area is 162 Å². The van der Waals surface area contributed by atoms with Crippen molar-refractivity contribution in [3.8, 4) is 0 Å². The van der Waals surface area contributed by atoms with Crippen molar-refractivity contribution in [1.29, 1.82) is 0 Å². The highest BCUT2D eigenvalue weighted by Gasteiger charge is 2.19. The van der Waals surface area contributed by atoms with Gasteiger partial charge < -0.3 is 5.32 Å². The largest absolute Gasteiger partial charge is 0.335 e. The SMILES string of the molecule is O=C(CN(Cc1cccs1)Cc1cccs1)NC(=O)NC1CCCCC1. The van der Waals surface area contributed by atoms with E-state index in [1.54, 1.807) is 22.7 Å². The predicted octanol–water partition coefficient (Wildman–Crippen LogP) is 3.97. The Morgan fingerprint density at radius 1 is 1.00 bits per heavy atom. The van der Waals surface area contributed by atoms with E-state index >= 15 is 0 Å². The Kier molecular flexibility index (Phi) is 7.22. The first-order valence-electron chi connectivity index (χ1n) is 9.06. The Balaban J connectivity index is 1.51. The number of carbonyl (C=O) groups is 2. The summed E-state index contributed by atoms with van der Waals surface area (Å²) in [4.78, 5) is 28.9. The van der Waals surface area contributed by atoms with E-state index < -0.39 is 0 Å². The van der Waals surface area contributed by atoms with Gasteiger partial charge in [-0.1, -0.05) is 31.4 Å². The zero-order valence-corrected chi connectivity index (χ0v) is 16.4. The Bertz CT molecular complexity index is 643. The molecule has 3 rings (SSSR count). The smallest absolute Gasteiger partial charge is 0.321 e. The van der Waals surface area contributed by atoms with E-state index in [1.807, 2.05) is 22.9 Å². The fourth-order valence-electron chi connectivity index (χ4n) is 3.25. The van der Waals surface area contributed by atoms with Crippen molar-refractivity contribution < 1.29 is 9.59 Å². The van der Waals surface area contributed by atoms with Crippen molar-refractivity contribution in [2.24, 2.45) is 0 Å². The molecule has 0 radical (unpaired) electrons. The summed E-state index contributed by atoms with van der Waals surface area (Å²) in [5, 5.41) is 9.50. The Morgan fingerprint density at radius 2 is 1.62 bits per heavy atom. The van der Waals surface area contributed by atoms with Crippen LogP contribution in [0.25, 0.3) is 0 Å². The number of urea groups is 1. The first-order chi connectivity index (χ1) is 12.7. The average molecular weight is 392 g/mol. The van der Waals surface area contributed by atoms with Gasteiger partial charge in [0, 0.05) is 28.9 Å². The van der Waals surface area contributed by atoms with Gasteiger partial charge in [0.25, 0.3) is 0 Å². The molecule has 2 heterocycles. The van der Waals surface area contributed by atoms with Crippen LogP contribution in [0.1, 0.15) is 41.9 Å². The van der Waals surface area contributed by atoms with Crippen LogP contribution in [0, 0.1) is 0 Å². The molecule has 0 atom stereocenters. The molecule has 2 aromatic rings. The Morgan fingerprint density at radius 3 is 2.15 bits per heavy atom. The van der Waals surface area contributed by atoms with Crippen LogP contribution in [-0.4, -0.2) is 29.4 Å². The second-order valence-electron chi connectivity index (χ2n) is 6.66. The lowest BCUT2D eigenvalue weighted by molar-refractivity contribution is -0.121. The molecule has 5 nitrogen and oxygen atoms in total. The van der Waals surface area contributed by atoms with Crippen molar-refractivity contribution in [1.82, 2.24) is 15.5 Å². The van der Waals surface area contributed by atoms with Gasteiger partial charge in [-0.05, 0) is 35.7 Å². The van der Waals surface area contributed by atoms with Crippen molar-refractivity contribution in [2.75, 3.05) is 6.54 Å². The van der Waals surface area contributed by atoms with Crippen molar-refractivity contribution in [3.05, 3.63) is 44.8 Å². The van der Waals surface area contributed by atoms with Crippen LogP contribution in [0.4, 0.5) is 4.79 Å². The molecule has 0 saturated heterocycles. The van der Waals surface area contributed by atoms with E-state index in [-0.39, 0.29) is 24.5 Å². The van der Waals surface area contributed by atoms with E-state index in [0.29, 0.717) is 13.1 Å². The van der Waals surface area contributed by atoms with Gasteiger partial charge in [-0.3, -0.25) is 15.0 Å². The number of carbonyl (C=O) groups excluding carboxylic acids is 2. The van der Waals surface area contributed by atoms with Crippen LogP contribution < -0.4 is 10.6 Å². The van der Waals surface area contributed by atoms with E-state index in [1.165, 1.54) is 16.2 Å². The number of imide groups is 1. The summed E-state index contributed by atoms with van der Waals surface area (Å²) in [6.45, 7) is 1.61. The van der Waals surface area contributed by atoms with Gasteiger partial charge in [-0.2, -0.15) is 0 Å². The second kappa shape index (κ2) is 9.85. The van der Waals surface area contributed by atoms with Gasteiger partial charge in [0.15, 0.2) is 0 Å². The lowest BCUT2D eigenvalue weighted by atomic mass is 9.96. The quantitative estimate of drug-likeness (QED) is 0.751. The number of amides is 3. The molecular weight excluding hydrogens is 366 g/mol.